The smallest absolute Gasteiger partial charge is 0.156 e. The third-order valence-corrected chi connectivity index (χ3v) is 5.14. The lowest BCUT2D eigenvalue weighted by Crippen LogP contribution is -2.47. The van der Waals surface area contributed by atoms with Gasteiger partial charge in [-0.15, -0.1) is 0 Å². The standard InChI is InChI=1S/C21H24FN5O/c1-15-20(25-21(24-15)18-4-2-3-9-23-18)19(28)14-26-10-12-27(13-11-26)17-7-5-16(22)6-8-17/h2-9,19,28H,10-14H2,1H3,(H,24,25). The summed E-state index contributed by atoms with van der Waals surface area (Å²) in [6.07, 6.45) is 1.07. The summed E-state index contributed by atoms with van der Waals surface area (Å²) in [5.41, 5.74) is 3.32. The molecule has 1 aromatic carbocycles. The monoisotopic (exact) mass is 381 g/mol. The van der Waals surface area contributed by atoms with E-state index in [0.717, 1.165) is 43.3 Å². The number of β-amino-alcohol motifs (C(OH)–C–C–N with tert-alkyl or cyclic N) is 1. The minimum Gasteiger partial charge on any atom is -0.385 e. The van der Waals surface area contributed by atoms with E-state index < -0.39 is 6.10 Å². The van der Waals surface area contributed by atoms with Gasteiger partial charge in [0.05, 0.1) is 5.69 Å². The molecule has 1 fully saturated rings. The molecule has 0 bridgehead atoms. The summed E-state index contributed by atoms with van der Waals surface area (Å²) in [6, 6.07) is 12.3. The minimum atomic E-state index is -0.661. The number of pyridine rings is 1. The predicted molar refractivity (Wildman–Crippen MR) is 107 cm³/mol. The maximum Gasteiger partial charge on any atom is 0.156 e. The molecular formula is C21H24FN5O. The van der Waals surface area contributed by atoms with Crippen LogP contribution in [0.4, 0.5) is 10.1 Å². The van der Waals surface area contributed by atoms with Crippen LogP contribution in [0.3, 0.4) is 0 Å². The predicted octanol–water partition coefficient (Wildman–Crippen LogP) is 2.77. The molecule has 2 aromatic heterocycles. The average molecular weight is 381 g/mol. The molecule has 4 rings (SSSR count). The normalized spacial score (nSPS) is 16.3. The molecule has 2 N–H and O–H groups in total. The fraction of sp³-hybridized carbons (Fsp3) is 0.333. The van der Waals surface area contributed by atoms with Gasteiger partial charge in [0.1, 0.15) is 17.6 Å². The van der Waals surface area contributed by atoms with Gasteiger partial charge >= 0.3 is 0 Å². The summed E-state index contributed by atoms with van der Waals surface area (Å²) < 4.78 is 13.1. The van der Waals surface area contributed by atoms with E-state index in [0.29, 0.717) is 18.1 Å². The summed E-state index contributed by atoms with van der Waals surface area (Å²) in [5, 5.41) is 10.7. The molecule has 28 heavy (non-hydrogen) atoms. The highest BCUT2D eigenvalue weighted by atomic mass is 19.1. The van der Waals surface area contributed by atoms with Crippen LogP contribution >= 0.6 is 0 Å². The second-order valence-corrected chi connectivity index (χ2v) is 7.09. The second kappa shape index (κ2) is 8.08. The van der Waals surface area contributed by atoms with Gasteiger partial charge < -0.3 is 15.0 Å². The van der Waals surface area contributed by atoms with Crippen molar-refractivity contribution in [2.75, 3.05) is 37.6 Å². The number of imidazole rings is 1. The molecule has 3 heterocycles. The molecule has 0 radical (unpaired) electrons. The molecule has 146 valence electrons. The highest BCUT2D eigenvalue weighted by molar-refractivity contribution is 5.50. The topological polar surface area (TPSA) is 68.3 Å². The van der Waals surface area contributed by atoms with E-state index in [9.17, 15) is 9.50 Å². The summed E-state index contributed by atoms with van der Waals surface area (Å²) in [5.74, 6) is 0.457. The Morgan fingerprint density at radius 1 is 1.11 bits per heavy atom. The first-order valence-electron chi connectivity index (χ1n) is 9.49. The number of aryl methyl sites for hydroxylation is 1. The van der Waals surface area contributed by atoms with Gasteiger partial charge in [-0.05, 0) is 43.3 Å². The van der Waals surface area contributed by atoms with Crippen molar-refractivity contribution in [3.8, 4) is 11.5 Å². The number of aliphatic hydroxyl groups is 1. The van der Waals surface area contributed by atoms with Gasteiger partial charge in [0.15, 0.2) is 5.82 Å². The van der Waals surface area contributed by atoms with Crippen LogP contribution in [-0.4, -0.2) is 57.7 Å². The number of piperazine rings is 1. The molecule has 1 saturated heterocycles. The van der Waals surface area contributed by atoms with Crippen molar-refractivity contribution < 1.29 is 9.50 Å². The number of anilines is 1. The van der Waals surface area contributed by atoms with Crippen LogP contribution in [0.5, 0.6) is 0 Å². The number of aromatic amines is 1. The first-order valence-corrected chi connectivity index (χ1v) is 9.49. The number of aliphatic hydroxyl groups excluding tert-OH is 1. The summed E-state index contributed by atoms with van der Waals surface area (Å²) >= 11 is 0. The van der Waals surface area contributed by atoms with Crippen LogP contribution in [0, 0.1) is 12.7 Å². The number of hydrogen-bond acceptors (Lipinski definition) is 5. The molecule has 0 amide bonds. The Labute approximate surface area is 163 Å². The van der Waals surface area contributed by atoms with E-state index >= 15 is 0 Å². The van der Waals surface area contributed by atoms with Crippen molar-refractivity contribution in [3.63, 3.8) is 0 Å². The summed E-state index contributed by atoms with van der Waals surface area (Å²) in [7, 11) is 0. The van der Waals surface area contributed by atoms with Crippen molar-refractivity contribution in [2.45, 2.75) is 13.0 Å². The largest absolute Gasteiger partial charge is 0.385 e. The van der Waals surface area contributed by atoms with Crippen LogP contribution in [0.1, 0.15) is 17.5 Å². The Kier molecular flexibility index (Phi) is 5.36. The van der Waals surface area contributed by atoms with Crippen molar-refractivity contribution in [1.82, 2.24) is 19.9 Å². The van der Waals surface area contributed by atoms with E-state index in [2.05, 4.69) is 24.8 Å². The molecule has 1 atom stereocenters. The summed E-state index contributed by atoms with van der Waals surface area (Å²) in [6.45, 7) is 5.82. The van der Waals surface area contributed by atoms with Crippen molar-refractivity contribution in [3.05, 3.63) is 65.9 Å². The number of aromatic nitrogens is 3. The molecule has 7 heteroatoms. The van der Waals surface area contributed by atoms with Crippen LogP contribution in [0.2, 0.25) is 0 Å². The molecule has 6 nitrogen and oxygen atoms in total. The van der Waals surface area contributed by atoms with Gasteiger partial charge in [-0.25, -0.2) is 9.37 Å². The van der Waals surface area contributed by atoms with Crippen LogP contribution in [-0.2, 0) is 0 Å². The molecule has 1 aliphatic rings. The average Bonchev–Trinajstić information content (AvgIpc) is 3.12. The fourth-order valence-electron chi connectivity index (χ4n) is 3.59. The molecular weight excluding hydrogens is 357 g/mol. The third kappa shape index (κ3) is 4.05. The van der Waals surface area contributed by atoms with Crippen LogP contribution in [0.15, 0.2) is 48.7 Å². The Morgan fingerprint density at radius 3 is 2.54 bits per heavy atom. The Morgan fingerprint density at radius 2 is 1.86 bits per heavy atom. The third-order valence-electron chi connectivity index (χ3n) is 5.14. The molecule has 0 spiro atoms. The van der Waals surface area contributed by atoms with Crippen LogP contribution < -0.4 is 4.90 Å². The number of nitrogens with one attached hydrogen (secondary N) is 1. The first-order chi connectivity index (χ1) is 13.6. The highest BCUT2D eigenvalue weighted by Gasteiger charge is 2.23. The van der Waals surface area contributed by atoms with Crippen molar-refractivity contribution in [2.24, 2.45) is 0 Å². The highest BCUT2D eigenvalue weighted by Crippen LogP contribution is 2.23. The number of nitrogens with zero attached hydrogens (tertiary/aromatic N) is 4. The lowest BCUT2D eigenvalue weighted by atomic mass is 10.2. The zero-order valence-electron chi connectivity index (χ0n) is 15.8. The first kappa shape index (κ1) is 18.6. The van der Waals surface area contributed by atoms with E-state index in [1.807, 2.05) is 37.3 Å². The van der Waals surface area contributed by atoms with Gasteiger partial charge in [-0.1, -0.05) is 6.07 Å². The second-order valence-electron chi connectivity index (χ2n) is 7.09. The number of H-pyrrole nitrogens is 1. The van der Waals surface area contributed by atoms with Crippen LogP contribution in [0.25, 0.3) is 11.5 Å². The Bertz CT molecular complexity index is 904. The Hall–Kier alpha value is -2.77. The number of rotatable bonds is 5. The lowest BCUT2D eigenvalue weighted by molar-refractivity contribution is 0.106. The molecule has 0 aliphatic carbocycles. The quantitative estimate of drug-likeness (QED) is 0.711. The van der Waals surface area contributed by atoms with Gasteiger partial charge in [0.2, 0.25) is 0 Å². The van der Waals surface area contributed by atoms with Gasteiger partial charge in [0.25, 0.3) is 0 Å². The molecule has 0 saturated carbocycles. The number of hydrogen-bond donors (Lipinski definition) is 2. The van der Waals surface area contributed by atoms with Crippen molar-refractivity contribution in [1.29, 1.82) is 0 Å². The zero-order chi connectivity index (χ0) is 19.5. The molecule has 3 aromatic rings. The number of halogens is 1. The van der Waals surface area contributed by atoms with Crippen molar-refractivity contribution >= 4 is 5.69 Å². The van der Waals surface area contributed by atoms with Gasteiger partial charge in [-0.2, -0.15) is 0 Å². The van der Waals surface area contributed by atoms with E-state index in [1.54, 1.807) is 6.20 Å². The Balaban J connectivity index is 1.36. The van der Waals surface area contributed by atoms with E-state index in [-0.39, 0.29) is 5.82 Å². The minimum absolute atomic E-state index is 0.218. The lowest BCUT2D eigenvalue weighted by Gasteiger charge is -2.36. The fourth-order valence-corrected chi connectivity index (χ4v) is 3.59. The van der Waals surface area contributed by atoms with E-state index in [1.165, 1.54) is 12.1 Å². The number of benzene rings is 1. The SMILES string of the molecule is Cc1[nH]c(-c2ccccn2)nc1C(O)CN1CCN(c2ccc(F)cc2)CC1. The van der Waals surface area contributed by atoms with Gasteiger partial charge in [0, 0.05) is 50.3 Å². The maximum atomic E-state index is 13.1. The zero-order valence-corrected chi connectivity index (χ0v) is 15.8. The van der Waals surface area contributed by atoms with Gasteiger partial charge in [-0.3, -0.25) is 9.88 Å². The molecule has 1 unspecified atom stereocenters. The van der Waals surface area contributed by atoms with E-state index in [4.69, 9.17) is 0 Å². The molecule has 1 aliphatic heterocycles. The summed E-state index contributed by atoms with van der Waals surface area (Å²) in [4.78, 5) is 16.6. The maximum absolute atomic E-state index is 13.1.